The molecule has 0 heterocycles. The first-order valence-corrected chi connectivity index (χ1v) is 8.69. The van der Waals surface area contributed by atoms with Crippen LogP contribution in [0.5, 0.6) is 0 Å². The molecule has 4 atom stereocenters. The van der Waals surface area contributed by atoms with Crippen LogP contribution in [-0.4, -0.2) is 24.4 Å². The number of nitrogens with two attached hydrogens (primary N) is 1. The van der Waals surface area contributed by atoms with E-state index in [2.05, 4.69) is 40.2 Å². The summed E-state index contributed by atoms with van der Waals surface area (Å²) in [6.45, 7) is 7.19. The van der Waals surface area contributed by atoms with Crippen LogP contribution in [0.4, 0.5) is 0 Å². The van der Waals surface area contributed by atoms with Gasteiger partial charge in [-0.3, -0.25) is 4.79 Å². The first-order chi connectivity index (χ1) is 10.8. The molecule has 23 heavy (non-hydrogen) atoms. The lowest BCUT2D eigenvalue weighted by molar-refractivity contribution is -0.138. The molecule has 3 N–H and O–H groups in total. The fourth-order valence-corrected chi connectivity index (χ4v) is 4.89. The minimum Gasteiger partial charge on any atom is -0.480 e. The van der Waals surface area contributed by atoms with Crippen LogP contribution in [-0.2, 0) is 11.2 Å². The Labute approximate surface area is 139 Å². The average Bonchev–Trinajstić information content (AvgIpc) is 2.95. The Morgan fingerprint density at radius 1 is 1.35 bits per heavy atom. The predicted octanol–water partition coefficient (Wildman–Crippen LogP) is 2.61. The third kappa shape index (κ3) is 2.82. The van der Waals surface area contributed by atoms with Crippen molar-refractivity contribution in [3.8, 4) is 0 Å². The zero-order chi connectivity index (χ0) is 16.8. The van der Waals surface area contributed by atoms with Gasteiger partial charge in [0, 0.05) is 0 Å². The van der Waals surface area contributed by atoms with Crippen molar-refractivity contribution in [3.05, 3.63) is 29.8 Å². The quantitative estimate of drug-likeness (QED) is 0.822. The molecule has 1 aromatic rings. The second-order valence-electron chi connectivity index (χ2n) is 8.24. The molecule has 3 unspecified atom stereocenters. The summed E-state index contributed by atoms with van der Waals surface area (Å²) in [5.41, 5.74) is 8.25. The van der Waals surface area contributed by atoms with Gasteiger partial charge in [-0.05, 0) is 41.0 Å². The summed E-state index contributed by atoms with van der Waals surface area (Å²) in [7, 11) is 2.48. The number of rotatable bonds is 5. The maximum atomic E-state index is 10.9. The standard InChI is InChI=1S/C19H27BNO2/c1-12-4-9-16-18(2,3)19(16,11-12)20-14-7-5-13(6-8-14)10-15(21)17(22)23/h5-8,12,15-16H,4,9-11,21H2,1-3H3,(H,22,23)/t12?,15-,16?,19?/m0/s1. The second-order valence-corrected chi connectivity index (χ2v) is 8.24. The van der Waals surface area contributed by atoms with E-state index in [9.17, 15) is 4.79 Å². The lowest BCUT2D eigenvalue weighted by Gasteiger charge is -2.27. The van der Waals surface area contributed by atoms with Crippen molar-refractivity contribution in [2.45, 2.75) is 57.8 Å². The summed E-state index contributed by atoms with van der Waals surface area (Å²) in [6.07, 6.45) is 4.37. The number of hydrogen-bond acceptors (Lipinski definition) is 2. The van der Waals surface area contributed by atoms with E-state index < -0.39 is 12.0 Å². The van der Waals surface area contributed by atoms with Crippen LogP contribution in [0.2, 0.25) is 5.31 Å². The van der Waals surface area contributed by atoms with E-state index >= 15 is 0 Å². The van der Waals surface area contributed by atoms with Gasteiger partial charge in [0.1, 0.15) is 6.04 Å². The van der Waals surface area contributed by atoms with Crippen molar-refractivity contribution in [3.63, 3.8) is 0 Å². The van der Waals surface area contributed by atoms with E-state index in [0.29, 0.717) is 17.2 Å². The summed E-state index contributed by atoms with van der Waals surface area (Å²) in [5.74, 6) is 0.668. The SMILES string of the molecule is CC1CCC2C(C)(C)C2([B]c2ccc(C[C@H](N)C(=O)O)cc2)C1. The van der Waals surface area contributed by atoms with Gasteiger partial charge in [-0.1, -0.05) is 63.3 Å². The van der Waals surface area contributed by atoms with E-state index in [1.165, 1.54) is 24.7 Å². The fraction of sp³-hybridized carbons (Fsp3) is 0.632. The number of carboxylic acid groups (broad SMARTS) is 1. The second kappa shape index (κ2) is 5.66. The molecule has 0 aromatic heterocycles. The Morgan fingerprint density at radius 3 is 2.61 bits per heavy atom. The van der Waals surface area contributed by atoms with Gasteiger partial charge in [-0.25, -0.2) is 0 Å². The van der Waals surface area contributed by atoms with Crippen LogP contribution < -0.4 is 11.2 Å². The van der Waals surface area contributed by atoms with Crippen molar-refractivity contribution < 1.29 is 9.90 Å². The van der Waals surface area contributed by atoms with E-state index in [1.807, 2.05) is 12.1 Å². The lowest BCUT2D eigenvalue weighted by Crippen LogP contribution is -2.32. The highest BCUT2D eigenvalue weighted by molar-refractivity contribution is 6.58. The molecule has 3 rings (SSSR count). The smallest absolute Gasteiger partial charge is 0.320 e. The monoisotopic (exact) mass is 312 g/mol. The maximum Gasteiger partial charge on any atom is 0.320 e. The van der Waals surface area contributed by atoms with Crippen LogP contribution >= 0.6 is 0 Å². The molecule has 0 aliphatic heterocycles. The summed E-state index contributed by atoms with van der Waals surface area (Å²) in [4.78, 5) is 10.9. The Kier molecular flexibility index (Phi) is 4.08. The number of hydrogen-bond donors (Lipinski definition) is 2. The fourth-order valence-electron chi connectivity index (χ4n) is 4.89. The van der Waals surface area contributed by atoms with Crippen molar-refractivity contribution >= 4 is 18.7 Å². The molecule has 2 saturated carbocycles. The minimum atomic E-state index is -0.946. The van der Waals surface area contributed by atoms with Gasteiger partial charge < -0.3 is 10.8 Å². The Hall–Kier alpha value is -1.29. The Morgan fingerprint density at radius 2 is 2.00 bits per heavy atom. The highest BCUT2D eigenvalue weighted by Gasteiger charge is 2.70. The number of carbonyl (C=O) groups is 1. The first kappa shape index (κ1) is 16.6. The van der Waals surface area contributed by atoms with Crippen LogP contribution in [0.3, 0.4) is 0 Å². The molecular formula is C19H27BNO2. The normalized spacial score (nSPS) is 32.7. The van der Waals surface area contributed by atoms with Crippen LogP contribution in [0.25, 0.3) is 0 Å². The highest BCUT2D eigenvalue weighted by Crippen LogP contribution is 2.80. The third-order valence-electron chi connectivity index (χ3n) is 6.42. The molecule has 3 nitrogen and oxygen atoms in total. The third-order valence-corrected chi connectivity index (χ3v) is 6.42. The molecule has 0 spiro atoms. The van der Waals surface area contributed by atoms with Crippen molar-refractivity contribution in [2.24, 2.45) is 23.0 Å². The summed E-state index contributed by atoms with van der Waals surface area (Å²) in [6, 6.07) is 7.44. The molecule has 1 aromatic carbocycles. The summed E-state index contributed by atoms with van der Waals surface area (Å²) >= 11 is 0. The molecule has 0 amide bonds. The van der Waals surface area contributed by atoms with Gasteiger partial charge in [0.2, 0.25) is 0 Å². The predicted molar refractivity (Wildman–Crippen MR) is 94.1 cm³/mol. The minimum absolute atomic E-state index is 0.351. The topological polar surface area (TPSA) is 63.3 Å². The van der Waals surface area contributed by atoms with Gasteiger partial charge in [0.05, 0.1) is 0 Å². The van der Waals surface area contributed by atoms with Gasteiger partial charge in [0.25, 0.3) is 0 Å². The van der Waals surface area contributed by atoms with Gasteiger partial charge in [-0.15, -0.1) is 0 Å². The van der Waals surface area contributed by atoms with Crippen molar-refractivity contribution in [1.82, 2.24) is 0 Å². The van der Waals surface area contributed by atoms with E-state index in [0.717, 1.165) is 17.4 Å². The molecule has 2 aliphatic carbocycles. The number of aliphatic carboxylic acids is 1. The molecule has 4 heteroatoms. The van der Waals surface area contributed by atoms with E-state index in [1.54, 1.807) is 0 Å². The Balaban J connectivity index is 1.70. The molecule has 0 saturated heterocycles. The largest absolute Gasteiger partial charge is 0.480 e. The van der Waals surface area contributed by atoms with Gasteiger partial charge >= 0.3 is 5.97 Å². The highest BCUT2D eigenvalue weighted by atomic mass is 16.4. The lowest BCUT2D eigenvalue weighted by atomic mass is 9.49. The van der Waals surface area contributed by atoms with Crippen LogP contribution in [0.15, 0.2) is 24.3 Å². The molecular weight excluding hydrogens is 285 g/mol. The van der Waals surface area contributed by atoms with Crippen molar-refractivity contribution in [1.29, 1.82) is 0 Å². The van der Waals surface area contributed by atoms with Crippen LogP contribution in [0, 0.1) is 17.3 Å². The number of benzene rings is 1. The molecule has 123 valence electrons. The van der Waals surface area contributed by atoms with Gasteiger partial charge in [0.15, 0.2) is 7.28 Å². The first-order valence-electron chi connectivity index (χ1n) is 8.69. The summed E-state index contributed by atoms with van der Waals surface area (Å²) < 4.78 is 0. The maximum absolute atomic E-state index is 10.9. The molecule has 2 aliphatic rings. The average molecular weight is 312 g/mol. The van der Waals surface area contributed by atoms with E-state index in [4.69, 9.17) is 10.8 Å². The number of carboxylic acids is 1. The van der Waals surface area contributed by atoms with Gasteiger partial charge in [-0.2, -0.15) is 0 Å². The van der Waals surface area contributed by atoms with E-state index in [-0.39, 0.29) is 0 Å². The zero-order valence-corrected chi connectivity index (χ0v) is 14.4. The molecule has 0 bridgehead atoms. The Bertz CT molecular complexity index is 598. The number of fused-ring (bicyclic) bond motifs is 1. The summed E-state index contributed by atoms with van der Waals surface area (Å²) in [5, 5.41) is 9.26. The van der Waals surface area contributed by atoms with Crippen molar-refractivity contribution in [2.75, 3.05) is 0 Å². The van der Waals surface area contributed by atoms with Crippen LogP contribution in [0.1, 0.15) is 45.6 Å². The molecule has 2 fully saturated rings. The molecule has 1 radical (unpaired) electrons. The zero-order valence-electron chi connectivity index (χ0n) is 14.4.